The molecular weight excluding hydrogens is 181 g/mol. The van der Waals surface area contributed by atoms with Crippen LogP contribution in [-0.4, -0.2) is 18.1 Å². The standard InChI is InChI=1S/C10H14FN3/c11-9-6-8(12)7-13-10(9)14-4-2-1-3-5-14/h6-7H,1-5,12H2. The predicted octanol–water partition coefficient (Wildman–Crippen LogP) is 1.79. The second-order valence-electron chi connectivity index (χ2n) is 3.62. The van der Waals surface area contributed by atoms with Gasteiger partial charge >= 0.3 is 0 Å². The van der Waals surface area contributed by atoms with Gasteiger partial charge in [0.15, 0.2) is 11.6 Å². The minimum atomic E-state index is -0.313. The Hall–Kier alpha value is -1.32. The third-order valence-electron chi connectivity index (χ3n) is 2.50. The first-order chi connectivity index (χ1) is 6.77. The van der Waals surface area contributed by atoms with Crippen molar-refractivity contribution in [2.24, 2.45) is 0 Å². The van der Waals surface area contributed by atoms with Crippen molar-refractivity contribution in [3.63, 3.8) is 0 Å². The molecule has 2 rings (SSSR count). The summed E-state index contributed by atoms with van der Waals surface area (Å²) in [6.45, 7) is 1.79. The van der Waals surface area contributed by atoms with Crippen molar-refractivity contribution in [2.45, 2.75) is 19.3 Å². The number of aromatic nitrogens is 1. The molecule has 1 saturated heterocycles. The summed E-state index contributed by atoms with van der Waals surface area (Å²) in [5.41, 5.74) is 5.81. The lowest BCUT2D eigenvalue weighted by molar-refractivity contribution is 0.550. The van der Waals surface area contributed by atoms with Crippen LogP contribution in [-0.2, 0) is 0 Å². The average Bonchev–Trinajstić information content (AvgIpc) is 2.19. The van der Waals surface area contributed by atoms with Crippen molar-refractivity contribution in [1.29, 1.82) is 0 Å². The molecule has 3 nitrogen and oxygen atoms in total. The van der Waals surface area contributed by atoms with Gasteiger partial charge in [-0.05, 0) is 19.3 Å². The molecule has 2 N–H and O–H groups in total. The normalized spacial score (nSPS) is 17.1. The van der Waals surface area contributed by atoms with E-state index in [0.29, 0.717) is 11.5 Å². The van der Waals surface area contributed by atoms with Gasteiger partial charge in [0.05, 0.1) is 11.9 Å². The maximum Gasteiger partial charge on any atom is 0.167 e. The van der Waals surface area contributed by atoms with E-state index in [4.69, 9.17) is 5.73 Å². The molecule has 76 valence electrons. The Morgan fingerprint density at radius 3 is 2.64 bits per heavy atom. The molecule has 2 heterocycles. The van der Waals surface area contributed by atoms with Crippen LogP contribution in [0.4, 0.5) is 15.9 Å². The van der Waals surface area contributed by atoms with E-state index in [9.17, 15) is 4.39 Å². The summed E-state index contributed by atoms with van der Waals surface area (Å²) in [6, 6.07) is 1.33. The number of nitrogen functional groups attached to an aromatic ring is 1. The van der Waals surface area contributed by atoms with Gasteiger partial charge in [-0.1, -0.05) is 0 Å². The van der Waals surface area contributed by atoms with Crippen LogP contribution in [0.2, 0.25) is 0 Å². The first kappa shape index (κ1) is 9.24. The molecule has 1 aromatic heterocycles. The SMILES string of the molecule is Nc1cnc(N2CCCCC2)c(F)c1. The molecule has 1 aliphatic heterocycles. The smallest absolute Gasteiger partial charge is 0.167 e. The van der Waals surface area contributed by atoms with E-state index in [0.717, 1.165) is 25.9 Å². The van der Waals surface area contributed by atoms with Gasteiger partial charge in [0.2, 0.25) is 0 Å². The van der Waals surface area contributed by atoms with Crippen LogP contribution in [0, 0.1) is 5.82 Å². The maximum atomic E-state index is 13.5. The molecular formula is C10H14FN3. The van der Waals surface area contributed by atoms with Gasteiger partial charge in [0.25, 0.3) is 0 Å². The fraction of sp³-hybridized carbons (Fsp3) is 0.500. The van der Waals surface area contributed by atoms with Crippen LogP contribution in [0.25, 0.3) is 0 Å². The van der Waals surface area contributed by atoms with Gasteiger partial charge < -0.3 is 10.6 Å². The monoisotopic (exact) mass is 195 g/mol. The van der Waals surface area contributed by atoms with Crippen molar-refractivity contribution in [3.05, 3.63) is 18.1 Å². The highest BCUT2D eigenvalue weighted by molar-refractivity contribution is 5.47. The Morgan fingerprint density at radius 1 is 1.29 bits per heavy atom. The topological polar surface area (TPSA) is 42.1 Å². The summed E-state index contributed by atoms with van der Waals surface area (Å²) in [5, 5.41) is 0. The lowest BCUT2D eigenvalue weighted by Gasteiger charge is -2.27. The Bertz CT molecular complexity index is 321. The first-order valence-corrected chi connectivity index (χ1v) is 4.93. The maximum absolute atomic E-state index is 13.5. The Balaban J connectivity index is 2.22. The third kappa shape index (κ3) is 1.78. The molecule has 0 saturated carbocycles. The van der Waals surface area contributed by atoms with Gasteiger partial charge in [-0.25, -0.2) is 9.37 Å². The quantitative estimate of drug-likeness (QED) is 0.742. The van der Waals surface area contributed by atoms with Crippen LogP contribution in [0.5, 0.6) is 0 Å². The zero-order valence-electron chi connectivity index (χ0n) is 8.04. The lowest BCUT2D eigenvalue weighted by Crippen LogP contribution is -2.30. The van der Waals surface area contributed by atoms with Crippen LogP contribution in [0.15, 0.2) is 12.3 Å². The summed E-state index contributed by atoms with van der Waals surface area (Å²) in [5.74, 6) is 0.130. The van der Waals surface area contributed by atoms with Crippen molar-refractivity contribution in [2.75, 3.05) is 23.7 Å². The van der Waals surface area contributed by atoms with E-state index in [1.807, 2.05) is 4.90 Å². The number of nitrogens with two attached hydrogens (primary N) is 1. The number of hydrogen-bond acceptors (Lipinski definition) is 3. The zero-order valence-corrected chi connectivity index (χ0v) is 8.04. The molecule has 0 amide bonds. The van der Waals surface area contributed by atoms with Crippen LogP contribution in [0.1, 0.15) is 19.3 Å². The van der Waals surface area contributed by atoms with E-state index >= 15 is 0 Å². The fourth-order valence-corrected chi connectivity index (χ4v) is 1.78. The van der Waals surface area contributed by atoms with E-state index in [1.54, 1.807) is 0 Å². The molecule has 1 aromatic rings. The summed E-state index contributed by atoms with van der Waals surface area (Å²) in [7, 11) is 0. The second kappa shape index (κ2) is 3.82. The number of nitrogens with zero attached hydrogens (tertiary/aromatic N) is 2. The zero-order chi connectivity index (χ0) is 9.97. The highest BCUT2D eigenvalue weighted by Gasteiger charge is 2.15. The Kier molecular flexibility index (Phi) is 2.52. The molecule has 0 bridgehead atoms. The first-order valence-electron chi connectivity index (χ1n) is 4.93. The molecule has 0 unspecified atom stereocenters. The highest BCUT2D eigenvalue weighted by atomic mass is 19.1. The molecule has 1 aliphatic rings. The van der Waals surface area contributed by atoms with E-state index < -0.39 is 0 Å². The minimum absolute atomic E-state index is 0.313. The molecule has 14 heavy (non-hydrogen) atoms. The Morgan fingerprint density at radius 2 is 2.00 bits per heavy atom. The second-order valence-corrected chi connectivity index (χ2v) is 3.62. The van der Waals surface area contributed by atoms with Gasteiger partial charge in [0.1, 0.15) is 0 Å². The summed E-state index contributed by atoms with van der Waals surface area (Å²) in [4.78, 5) is 6.01. The largest absolute Gasteiger partial charge is 0.397 e. The Labute approximate surface area is 82.7 Å². The number of piperidine rings is 1. The highest BCUT2D eigenvalue weighted by Crippen LogP contribution is 2.21. The minimum Gasteiger partial charge on any atom is -0.397 e. The summed E-state index contributed by atoms with van der Waals surface area (Å²) in [6.07, 6.45) is 4.97. The van der Waals surface area contributed by atoms with Crippen molar-refractivity contribution < 1.29 is 4.39 Å². The molecule has 0 aromatic carbocycles. The number of pyridine rings is 1. The van der Waals surface area contributed by atoms with Crippen LogP contribution >= 0.6 is 0 Å². The van der Waals surface area contributed by atoms with Gasteiger partial charge in [-0.15, -0.1) is 0 Å². The van der Waals surface area contributed by atoms with Crippen LogP contribution in [0.3, 0.4) is 0 Å². The number of rotatable bonds is 1. The van der Waals surface area contributed by atoms with Crippen molar-refractivity contribution in [1.82, 2.24) is 4.98 Å². The number of anilines is 2. The van der Waals surface area contributed by atoms with Gasteiger partial charge in [-0.3, -0.25) is 0 Å². The molecule has 1 fully saturated rings. The molecule has 0 spiro atoms. The summed E-state index contributed by atoms with van der Waals surface area (Å²) < 4.78 is 13.5. The summed E-state index contributed by atoms with van der Waals surface area (Å²) >= 11 is 0. The predicted molar refractivity (Wildman–Crippen MR) is 54.7 cm³/mol. The fourth-order valence-electron chi connectivity index (χ4n) is 1.78. The molecule has 4 heteroatoms. The average molecular weight is 195 g/mol. The third-order valence-corrected chi connectivity index (χ3v) is 2.50. The van der Waals surface area contributed by atoms with E-state index in [-0.39, 0.29) is 5.82 Å². The number of hydrogen-bond donors (Lipinski definition) is 1. The lowest BCUT2D eigenvalue weighted by atomic mass is 10.1. The van der Waals surface area contributed by atoms with E-state index in [1.165, 1.54) is 18.7 Å². The number of halogens is 1. The molecule has 0 aliphatic carbocycles. The van der Waals surface area contributed by atoms with Gasteiger partial charge in [0, 0.05) is 19.2 Å². The van der Waals surface area contributed by atoms with Gasteiger partial charge in [-0.2, -0.15) is 0 Å². The van der Waals surface area contributed by atoms with Crippen molar-refractivity contribution in [3.8, 4) is 0 Å². The van der Waals surface area contributed by atoms with Crippen LogP contribution < -0.4 is 10.6 Å². The van der Waals surface area contributed by atoms with Crippen molar-refractivity contribution >= 4 is 11.5 Å². The van der Waals surface area contributed by atoms with E-state index in [2.05, 4.69) is 4.98 Å². The molecule has 0 atom stereocenters. The molecule has 0 radical (unpaired) electrons.